The number of anilines is 2. The number of nitrogens with zero attached hydrogens (tertiary/aromatic N) is 1. The predicted molar refractivity (Wildman–Crippen MR) is 71.9 cm³/mol. The van der Waals surface area contributed by atoms with Crippen LogP contribution in [0.5, 0.6) is 5.75 Å². The van der Waals surface area contributed by atoms with E-state index in [1.807, 2.05) is 0 Å². The summed E-state index contributed by atoms with van der Waals surface area (Å²) >= 11 is 0. The van der Waals surface area contributed by atoms with E-state index in [0.717, 1.165) is 0 Å². The van der Waals surface area contributed by atoms with Crippen LogP contribution in [0.15, 0.2) is 22.7 Å². The lowest BCUT2D eigenvalue weighted by Crippen LogP contribution is -2.05. The van der Waals surface area contributed by atoms with Crippen LogP contribution in [0.3, 0.4) is 0 Å². The summed E-state index contributed by atoms with van der Waals surface area (Å²) in [4.78, 5) is 11.1. The summed E-state index contributed by atoms with van der Waals surface area (Å²) in [5.74, 6) is 0.872. The highest BCUT2D eigenvalue weighted by molar-refractivity contribution is 5.90. The molecule has 0 fully saturated rings. The molecule has 2 rings (SSSR count). The van der Waals surface area contributed by atoms with E-state index in [2.05, 4.69) is 10.5 Å². The molecule has 1 aromatic carbocycles. The van der Waals surface area contributed by atoms with Crippen molar-refractivity contribution < 1.29 is 14.1 Å². The maximum atomic E-state index is 11.1. The molecule has 1 amide bonds. The van der Waals surface area contributed by atoms with Crippen molar-refractivity contribution >= 4 is 17.3 Å². The van der Waals surface area contributed by atoms with Crippen molar-refractivity contribution in [1.82, 2.24) is 5.16 Å². The van der Waals surface area contributed by atoms with Gasteiger partial charge in [0, 0.05) is 12.6 Å². The molecule has 0 unspecified atom stereocenters. The van der Waals surface area contributed by atoms with Crippen LogP contribution in [0, 0.1) is 6.92 Å². The monoisotopic (exact) mass is 261 g/mol. The SMILES string of the molecule is COc1ccc(NC(C)=O)cc1-c1onc(C)c1N. The Labute approximate surface area is 110 Å². The molecule has 100 valence electrons. The number of carbonyl (C=O) groups is 1. The molecule has 1 heterocycles. The lowest BCUT2D eigenvalue weighted by molar-refractivity contribution is -0.114. The Kier molecular flexibility index (Phi) is 3.41. The summed E-state index contributed by atoms with van der Waals surface area (Å²) in [6.07, 6.45) is 0. The number of hydrogen-bond acceptors (Lipinski definition) is 5. The third kappa shape index (κ3) is 2.52. The number of amides is 1. The first kappa shape index (κ1) is 12.9. The number of carbonyl (C=O) groups excluding carboxylic acids is 1. The van der Waals surface area contributed by atoms with E-state index in [0.29, 0.717) is 34.1 Å². The molecular formula is C13H15N3O3. The van der Waals surface area contributed by atoms with Crippen molar-refractivity contribution in [3.05, 3.63) is 23.9 Å². The maximum absolute atomic E-state index is 11.1. The number of aryl methyl sites for hydroxylation is 1. The van der Waals surface area contributed by atoms with Crippen LogP contribution >= 0.6 is 0 Å². The minimum atomic E-state index is -0.155. The van der Waals surface area contributed by atoms with Crippen LogP contribution in [-0.2, 0) is 4.79 Å². The van der Waals surface area contributed by atoms with E-state index >= 15 is 0 Å². The minimum Gasteiger partial charge on any atom is -0.496 e. The second-order valence-corrected chi connectivity index (χ2v) is 4.11. The quantitative estimate of drug-likeness (QED) is 0.883. The zero-order valence-corrected chi connectivity index (χ0v) is 11.0. The van der Waals surface area contributed by atoms with Crippen LogP contribution in [0.25, 0.3) is 11.3 Å². The summed E-state index contributed by atoms with van der Waals surface area (Å²) in [6, 6.07) is 5.21. The van der Waals surface area contributed by atoms with Crippen molar-refractivity contribution in [2.45, 2.75) is 13.8 Å². The van der Waals surface area contributed by atoms with Crippen LogP contribution < -0.4 is 15.8 Å². The van der Waals surface area contributed by atoms with E-state index in [4.69, 9.17) is 15.0 Å². The molecule has 19 heavy (non-hydrogen) atoms. The van der Waals surface area contributed by atoms with Gasteiger partial charge in [-0.2, -0.15) is 0 Å². The Morgan fingerprint density at radius 3 is 2.74 bits per heavy atom. The van der Waals surface area contributed by atoms with Gasteiger partial charge in [-0.15, -0.1) is 0 Å². The van der Waals surface area contributed by atoms with E-state index in [1.54, 1.807) is 32.2 Å². The molecule has 0 atom stereocenters. The number of aromatic nitrogens is 1. The minimum absolute atomic E-state index is 0.155. The fourth-order valence-corrected chi connectivity index (χ4v) is 1.74. The summed E-state index contributed by atoms with van der Waals surface area (Å²) in [6.45, 7) is 3.20. The first-order valence-electron chi connectivity index (χ1n) is 5.70. The van der Waals surface area contributed by atoms with E-state index in [-0.39, 0.29) is 5.91 Å². The van der Waals surface area contributed by atoms with Gasteiger partial charge in [0.2, 0.25) is 5.91 Å². The van der Waals surface area contributed by atoms with E-state index in [1.165, 1.54) is 6.92 Å². The van der Waals surface area contributed by atoms with Gasteiger partial charge in [-0.3, -0.25) is 4.79 Å². The smallest absolute Gasteiger partial charge is 0.221 e. The molecule has 3 N–H and O–H groups in total. The zero-order chi connectivity index (χ0) is 14.0. The number of nitrogens with one attached hydrogen (secondary N) is 1. The summed E-state index contributed by atoms with van der Waals surface area (Å²) in [5.41, 5.74) is 8.26. The second kappa shape index (κ2) is 5.01. The van der Waals surface area contributed by atoms with Crippen LogP contribution in [-0.4, -0.2) is 18.2 Å². The van der Waals surface area contributed by atoms with Gasteiger partial charge in [0.15, 0.2) is 5.76 Å². The molecule has 0 saturated carbocycles. The largest absolute Gasteiger partial charge is 0.496 e. The molecule has 0 bridgehead atoms. The Hall–Kier alpha value is -2.50. The number of benzene rings is 1. The molecule has 0 radical (unpaired) electrons. The predicted octanol–water partition coefficient (Wildman–Crippen LogP) is 2.20. The molecule has 6 nitrogen and oxygen atoms in total. The average Bonchev–Trinajstić information content (AvgIpc) is 2.69. The van der Waals surface area contributed by atoms with Gasteiger partial charge < -0.3 is 20.3 Å². The number of hydrogen-bond donors (Lipinski definition) is 2. The van der Waals surface area contributed by atoms with Gasteiger partial charge in [-0.05, 0) is 25.1 Å². The van der Waals surface area contributed by atoms with Crippen LogP contribution in [0.1, 0.15) is 12.6 Å². The topological polar surface area (TPSA) is 90.4 Å². The Balaban J connectivity index is 2.53. The Morgan fingerprint density at radius 2 is 2.21 bits per heavy atom. The number of nitrogen functional groups attached to an aromatic ring is 1. The number of ether oxygens (including phenoxy) is 1. The van der Waals surface area contributed by atoms with Gasteiger partial charge in [0.25, 0.3) is 0 Å². The van der Waals surface area contributed by atoms with Gasteiger partial charge in [-0.1, -0.05) is 5.16 Å². The summed E-state index contributed by atoms with van der Waals surface area (Å²) in [7, 11) is 1.55. The second-order valence-electron chi connectivity index (χ2n) is 4.11. The average molecular weight is 261 g/mol. The molecule has 2 aromatic rings. The molecule has 0 saturated heterocycles. The molecule has 0 aliphatic rings. The lowest BCUT2D eigenvalue weighted by Gasteiger charge is -2.09. The highest BCUT2D eigenvalue weighted by Crippen LogP contribution is 2.36. The van der Waals surface area contributed by atoms with Crippen molar-refractivity contribution in [1.29, 1.82) is 0 Å². The number of rotatable bonds is 3. The van der Waals surface area contributed by atoms with Gasteiger partial charge in [0.1, 0.15) is 17.1 Å². The van der Waals surface area contributed by atoms with Crippen molar-refractivity contribution in [2.75, 3.05) is 18.2 Å². The highest BCUT2D eigenvalue weighted by Gasteiger charge is 2.17. The highest BCUT2D eigenvalue weighted by atomic mass is 16.5. The van der Waals surface area contributed by atoms with E-state index in [9.17, 15) is 4.79 Å². The standard InChI is InChI=1S/C13H15N3O3/c1-7-12(14)13(19-16-7)10-6-9(15-8(2)17)4-5-11(10)18-3/h4-6H,14H2,1-3H3,(H,15,17). The van der Waals surface area contributed by atoms with Crippen LogP contribution in [0.2, 0.25) is 0 Å². The number of methoxy groups -OCH3 is 1. The third-order valence-corrected chi connectivity index (χ3v) is 2.67. The maximum Gasteiger partial charge on any atom is 0.221 e. The molecule has 0 aliphatic heterocycles. The normalized spacial score (nSPS) is 10.3. The van der Waals surface area contributed by atoms with E-state index < -0.39 is 0 Å². The fraction of sp³-hybridized carbons (Fsp3) is 0.231. The molecule has 0 spiro atoms. The lowest BCUT2D eigenvalue weighted by atomic mass is 10.1. The first-order chi connectivity index (χ1) is 9.02. The van der Waals surface area contributed by atoms with Crippen molar-refractivity contribution in [3.63, 3.8) is 0 Å². The van der Waals surface area contributed by atoms with Gasteiger partial charge >= 0.3 is 0 Å². The molecule has 1 aromatic heterocycles. The summed E-state index contributed by atoms with van der Waals surface area (Å²) < 4.78 is 10.5. The van der Waals surface area contributed by atoms with Gasteiger partial charge in [-0.25, -0.2) is 0 Å². The molecular weight excluding hydrogens is 246 g/mol. The van der Waals surface area contributed by atoms with Crippen molar-refractivity contribution in [2.24, 2.45) is 0 Å². The zero-order valence-electron chi connectivity index (χ0n) is 11.0. The summed E-state index contributed by atoms with van der Waals surface area (Å²) in [5, 5.41) is 6.51. The number of nitrogens with two attached hydrogens (primary N) is 1. The van der Waals surface area contributed by atoms with Crippen molar-refractivity contribution in [3.8, 4) is 17.1 Å². The first-order valence-corrected chi connectivity index (χ1v) is 5.70. The fourth-order valence-electron chi connectivity index (χ4n) is 1.74. The Bertz CT molecular complexity index is 620. The molecule has 6 heteroatoms. The molecule has 0 aliphatic carbocycles. The van der Waals surface area contributed by atoms with Gasteiger partial charge in [0.05, 0.1) is 12.7 Å². The van der Waals surface area contributed by atoms with Crippen LogP contribution in [0.4, 0.5) is 11.4 Å². The Morgan fingerprint density at radius 1 is 1.47 bits per heavy atom. The third-order valence-electron chi connectivity index (χ3n) is 2.67.